The highest BCUT2D eigenvalue weighted by Gasteiger charge is 2.28. The number of alkyl carbamates (subject to hydrolysis) is 2. The molecule has 43 heavy (non-hydrogen) atoms. The van der Waals surface area contributed by atoms with Crippen LogP contribution in [0.5, 0.6) is 0 Å². The number of rotatable bonds is 16. The van der Waals surface area contributed by atoms with Crippen LogP contribution in [0.2, 0.25) is 0 Å². The van der Waals surface area contributed by atoms with Gasteiger partial charge in [0.25, 0.3) is 0 Å². The van der Waals surface area contributed by atoms with Crippen LogP contribution in [0.3, 0.4) is 0 Å². The van der Waals surface area contributed by atoms with Gasteiger partial charge in [-0.3, -0.25) is 4.79 Å². The maximum atomic E-state index is 13.4. The molecule has 3 aromatic carbocycles. The predicted octanol–water partition coefficient (Wildman–Crippen LogP) is 4.44. The lowest BCUT2D eigenvalue weighted by Gasteiger charge is -2.23. The normalized spacial score (nSPS) is 11.7. The van der Waals surface area contributed by atoms with Crippen LogP contribution in [0, 0.1) is 0 Å². The lowest BCUT2D eigenvalue weighted by atomic mass is 10.0. The van der Waals surface area contributed by atoms with Crippen molar-refractivity contribution in [3.63, 3.8) is 0 Å². The van der Waals surface area contributed by atoms with E-state index in [1.807, 2.05) is 91.0 Å². The van der Waals surface area contributed by atoms with Crippen LogP contribution in [0.4, 0.5) is 9.59 Å². The molecule has 3 amide bonds. The molecule has 0 bridgehead atoms. The molecule has 10 heteroatoms. The van der Waals surface area contributed by atoms with E-state index in [9.17, 15) is 19.2 Å². The largest absolute Gasteiger partial charge is 0.460 e. The minimum atomic E-state index is -1.06. The molecule has 0 spiro atoms. The molecule has 3 N–H and O–H groups in total. The minimum Gasteiger partial charge on any atom is -0.460 e. The van der Waals surface area contributed by atoms with Crippen molar-refractivity contribution in [2.45, 2.75) is 44.6 Å². The Morgan fingerprint density at radius 2 is 1.21 bits per heavy atom. The van der Waals surface area contributed by atoms with Gasteiger partial charge in [-0.05, 0) is 29.5 Å². The second-order valence-corrected chi connectivity index (χ2v) is 9.56. The number of amides is 3. The van der Waals surface area contributed by atoms with Gasteiger partial charge in [0.2, 0.25) is 5.91 Å². The maximum Gasteiger partial charge on any atom is 0.408 e. The zero-order chi connectivity index (χ0) is 30.7. The van der Waals surface area contributed by atoms with Gasteiger partial charge in [0.1, 0.15) is 31.9 Å². The van der Waals surface area contributed by atoms with E-state index in [1.54, 1.807) is 0 Å². The van der Waals surface area contributed by atoms with Gasteiger partial charge in [-0.1, -0.05) is 104 Å². The van der Waals surface area contributed by atoms with Crippen molar-refractivity contribution >= 4 is 24.1 Å². The number of carbonyl (C=O) groups is 4. The highest BCUT2D eigenvalue weighted by Crippen LogP contribution is 2.08. The second kappa shape index (κ2) is 18.3. The van der Waals surface area contributed by atoms with Crippen molar-refractivity contribution in [2.75, 3.05) is 13.2 Å². The van der Waals surface area contributed by atoms with Gasteiger partial charge in [-0.2, -0.15) is 0 Å². The van der Waals surface area contributed by atoms with Gasteiger partial charge >= 0.3 is 18.2 Å². The van der Waals surface area contributed by atoms with Crippen molar-refractivity contribution < 1.29 is 33.4 Å². The maximum absolute atomic E-state index is 13.4. The van der Waals surface area contributed by atoms with Crippen LogP contribution < -0.4 is 16.0 Å². The molecule has 226 valence electrons. The molecule has 3 aromatic rings. The fraction of sp³-hybridized carbons (Fsp3) is 0.273. The summed E-state index contributed by atoms with van der Waals surface area (Å²) in [5.41, 5.74) is 2.45. The first-order chi connectivity index (χ1) is 20.9. The van der Waals surface area contributed by atoms with Gasteiger partial charge in [0.05, 0.1) is 0 Å². The molecule has 0 heterocycles. The third-order valence-corrected chi connectivity index (χ3v) is 6.20. The SMILES string of the molecule is C=CCOC(=O)C(Cc1ccccc1)NC(=O)C(CCCNC(=O)OCc1ccccc1)NC(=O)OCc1ccccc1. The Kier molecular flexibility index (Phi) is 13.8. The van der Waals surface area contributed by atoms with Gasteiger partial charge < -0.3 is 30.2 Å². The van der Waals surface area contributed by atoms with E-state index in [1.165, 1.54) is 6.08 Å². The number of carbonyl (C=O) groups excluding carboxylic acids is 4. The average Bonchev–Trinajstić information content (AvgIpc) is 3.04. The Hall–Kier alpha value is -5.12. The van der Waals surface area contributed by atoms with Gasteiger partial charge in [-0.15, -0.1) is 0 Å². The highest BCUT2D eigenvalue weighted by atomic mass is 16.6. The smallest absolute Gasteiger partial charge is 0.408 e. The summed E-state index contributed by atoms with van der Waals surface area (Å²) in [6, 6.07) is 25.5. The van der Waals surface area contributed by atoms with Crippen molar-refractivity contribution in [3.8, 4) is 0 Å². The molecule has 0 saturated heterocycles. The van der Waals surface area contributed by atoms with Crippen LogP contribution in [0.1, 0.15) is 29.5 Å². The predicted molar refractivity (Wildman–Crippen MR) is 161 cm³/mol. The number of hydrogen-bond donors (Lipinski definition) is 3. The number of hydrogen-bond acceptors (Lipinski definition) is 7. The zero-order valence-corrected chi connectivity index (χ0v) is 23.9. The number of esters is 1. The molecule has 0 aliphatic carbocycles. The number of ether oxygens (including phenoxy) is 3. The fourth-order valence-corrected chi connectivity index (χ4v) is 4.00. The first kappa shape index (κ1) is 32.4. The third-order valence-electron chi connectivity index (χ3n) is 6.20. The Morgan fingerprint density at radius 3 is 1.77 bits per heavy atom. The Morgan fingerprint density at radius 1 is 0.674 bits per heavy atom. The average molecular weight is 588 g/mol. The summed E-state index contributed by atoms with van der Waals surface area (Å²) in [5, 5.41) is 7.94. The molecule has 0 radical (unpaired) electrons. The quantitative estimate of drug-likeness (QED) is 0.0977. The summed E-state index contributed by atoms with van der Waals surface area (Å²) < 4.78 is 15.7. The Balaban J connectivity index is 1.60. The minimum absolute atomic E-state index is 0.0142. The fourth-order valence-electron chi connectivity index (χ4n) is 4.00. The molecular weight excluding hydrogens is 550 g/mol. The number of nitrogens with one attached hydrogen (secondary N) is 3. The summed E-state index contributed by atoms with van der Waals surface area (Å²) in [6.45, 7) is 3.86. The monoisotopic (exact) mass is 587 g/mol. The standard InChI is InChI=1S/C33H37N3O7/c1-2-21-41-31(38)29(22-25-13-6-3-7-14-25)35-30(37)28(36-33(40)43-24-27-17-10-5-11-18-27)19-12-20-34-32(39)42-23-26-15-8-4-9-16-26/h2-11,13-18,28-29H,1,12,19-24H2,(H,34,39)(H,35,37)(H,36,40). The lowest BCUT2D eigenvalue weighted by Crippen LogP contribution is -2.52. The van der Waals surface area contributed by atoms with Crippen molar-refractivity contribution in [1.82, 2.24) is 16.0 Å². The molecule has 0 aliphatic rings. The van der Waals surface area contributed by atoms with Crippen LogP contribution in [0.25, 0.3) is 0 Å². The zero-order valence-electron chi connectivity index (χ0n) is 23.9. The summed E-state index contributed by atoms with van der Waals surface area (Å²) in [7, 11) is 0. The van der Waals surface area contributed by atoms with E-state index in [0.29, 0.717) is 6.42 Å². The highest BCUT2D eigenvalue weighted by molar-refractivity contribution is 5.89. The van der Waals surface area contributed by atoms with Crippen molar-refractivity contribution in [2.24, 2.45) is 0 Å². The summed E-state index contributed by atoms with van der Waals surface area (Å²) >= 11 is 0. The van der Waals surface area contributed by atoms with Crippen LogP contribution in [-0.2, 0) is 43.4 Å². The molecule has 2 unspecified atom stereocenters. The van der Waals surface area contributed by atoms with Gasteiger partial charge in [-0.25, -0.2) is 14.4 Å². The van der Waals surface area contributed by atoms with Crippen molar-refractivity contribution in [1.29, 1.82) is 0 Å². The van der Waals surface area contributed by atoms with Gasteiger partial charge in [0, 0.05) is 13.0 Å². The van der Waals surface area contributed by atoms with Crippen LogP contribution in [0.15, 0.2) is 104 Å². The molecule has 3 rings (SSSR count). The first-order valence-corrected chi connectivity index (χ1v) is 14.0. The van der Waals surface area contributed by atoms with E-state index < -0.39 is 36.1 Å². The summed E-state index contributed by atoms with van der Waals surface area (Å²) in [5.74, 6) is -1.23. The van der Waals surface area contributed by atoms with E-state index in [0.717, 1.165) is 16.7 Å². The van der Waals surface area contributed by atoms with Crippen molar-refractivity contribution in [3.05, 3.63) is 120 Å². The molecular formula is C33H37N3O7. The number of benzene rings is 3. The van der Waals surface area contributed by atoms with Crippen LogP contribution >= 0.6 is 0 Å². The molecule has 0 saturated carbocycles. The topological polar surface area (TPSA) is 132 Å². The summed E-state index contributed by atoms with van der Waals surface area (Å²) in [6.07, 6.45) is 0.681. The first-order valence-electron chi connectivity index (χ1n) is 14.0. The van der Waals surface area contributed by atoms with E-state index in [-0.39, 0.29) is 39.2 Å². The van der Waals surface area contributed by atoms with E-state index >= 15 is 0 Å². The van der Waals surface area contributed by atoms with E-state index in [2.05, 4.69) is 22.5 Å². The Labute approximate surface area is 251 Å². The molecule has 0 aliphatic heterocycles. The lowest BCUT2D eigenvalue weighted by molar-refractivity contribution is -0.146. The van der Waals surface area contributed by atoms with Gasteiger partial charge in [0.15, 0.2) is 0 Å². The third kappa shape index (κ3) is 12.5. The van der Waals surface area contributed by atoms with E-state index in [4.69, 9.17) is 14.2 Å². The molecule has 0 fully saturated rings. The van der Waals surface area contributed by atoms with Crippen LogP contribution in [-0.4, -0.2) is 49.3 Å². The second-order valence-electron chi connectivity index (χ2n) is 9.56. The summed E-state index contributed by atoms with van der Waals surface area (Å²) in [4.78, 5) is 50.9. The molecule has 2 atom stereocenters. The Bertz CT molecular complexity index is 1300. The molecule has 0 aromatic heterocycles. The molecule has 10 nitrogen and oxygen atoms in total.